The summed E-state index contributed by atoms with van der Waals surface area (Å²) in [6, 6.07) is 0. The van der Waals surface area contributed by atoms with Crippen LogP contribution in [0.1, 0.15) is 36.4 Å². The Morgan fingerprint density at radius 3 is 2.95 bits per heavy atom. The molecule has 1 saturated heterocycles. The van der Waals surface area contributed by atoms with Crippen LogP contribution in [0.15, 0.2) is 0 Å². The number of β-amino-alcohol motifs (C(OH)–C–C–N with tert-alkyl or cyclic N) is 1. The maximum Gasteiger partial charge on any atom is 0.267 e. The van der Waals surface area contributed by atoms with Gasteiger partial charge in [0.2, 0.25) is 0 Å². The van der Waals surface area contributed by atoms with Crippen molar-refractivity contribution in [3.8, 4) is 0 Å². The lowest BCUT2D eigenvalue weighted by atomic mass is 9.96. The van der Waals surface area contributed by atoms with Crippen LogP contribution < -0.4 is 10.6 Å². The number of nitrogen functional groups attached to an aromatic ring is 1. The molecule has 1 amide bonds. The van der Waals surface area contributed by atoms with Gasteiger partial charge in [0.1, 0.15) is 10.7 Å². The molecule has 6 nitrogen and oxygen atoms in total. The average Bonchev–Trinajstić information content (AvgIpc) is 2.83. The summed E-state index contributed by atoms with van der Waals surface area (Å²) in [5, 5.41) is 10.7. The molecular weight excluding hydrogens is 288 g/mol. The topological polar surface area (TPSA) is 82.7 Å². The van der Waals surface area contributed by atoms with E-state index in [2.05, 4.69) is 11.9 Å². The number of nitrogens with zero attached hydrogens (tertiary/aromatic N) is 3. The number of aromatic nitrogens is 1. The van der Waals surface area contributed by atoms with Crippen molar-refractivity contribution in [2.24, 2.45) is 5.92 Å². The first-order chi connectivity index (χ1) is 9.93. The SMILES string of the molecule is CCCN(C)c1nc(N)c(C(=O)N2CCC(C)C(O)C2)s1. The molecule has 0 aromatic carbocycles. The van der Waals surface area contributed by atoms with Crippen LogP contribution >= 0.6 is 11.3 Å². The van der Waals surface area contributed by atoms with Gasteiger partial charge in [-0.2, -0.15) is 0 Å². The van der Waals surface area contributed by atoms with Gasteiger partial charge in [-0.05, 0) is 18.8 Å². The summed E-state index contributed by atoms with van der Waals surface area (Å²) in [5.74, 6) is 0.405. The first-order valence-corrected chi connectivity index (χ1v) is 8.20. The van der Waals surface area contributed by atoms with Gasteiger partial charge >= 0.3 is 0 Å². The molecule has 1 fully saturated rings. The Morgan fingerprint density at radius 1 is 1.62 bits per heavy atom. The largest absolute Gasteiger partial charge is 0.391 e. The fraction of sp³-hybridized carbons (Fsp3) is 0.714. The fourth-order valence-corrected chi connectivity index (χ4v) is 3.39. The number of rotatable bonds is 4. The molecular formula is C14H24N4O2S. The maximum atomic E-state index is 12.6. The molecule has 2 unspecified atom stereocenters. The van der Waals surface area contributed by atoms with E-state index in [9.17, 15) is 9.90 Å². The molecule has 7 heteroatoms. The van der Waals surface area contributed by atoms with E-state index in [1.807, 2.05) is 18.9 Å². The Bertz CT molecular complexity index is 505. The van der Waals surface area contributed by atoms with Crippen molar-refractivity contribution in [2.45, 2.75) is 32.8 Å². The molecule has 2 rings (SSSR count). The molecule has 2 atom stereocenters. The molecule has 0 aliphatic carbocycles. The number of carbonyl (C=O) groups excluding carboxylic acids is 1. The van der Waals surface area contributed by atoms with Crippen LogP contribution in [-0.2, 0) is 0 Å². The number of thiazole rings is 1. The predicted octanol–water partition coefficient (Wildman–Crippen LogP) is 1.41. The summed E-state index contributed by atoms with van der Waals surface area (Å²) in [6.07, 6.45) is 1.36. The summed E-state index contributed by atoms with van der Waals surface area (Å²) < 4.78 is 0. The van der Waals surface area contributed by atoms with Crippen molar-refractivity contribution in [3.05, 3.63) is 4.88 Å². The van der Waals surface area contributed by atoms with Crippen LogP contribution in [0.2, 0.25) is 0 Å². The molecule has 118 valence electrons. The Hall–Kier alpha value is -1.34. The number of aliphatic hydroxyl groups is 1. The van der Waals surface area contributed by atoms with Gasteiger partial charge in [0.05, 0.1) is 6.10 Å². The van der Waals surface area contributed by atoms with Gasteiger partial charge in [-0.15, -0.1) is 0 Å². The van der Waals surface area contributed by atoms with Crippen LogP contribution in [0.5, 0.6) is 0 Å². The molecule has 1 aromatic rings. The van der Waals surface area contributed by atoms with Gasteiger partial charge in [-0.25, -0.2) is 4.98 Å². The molecule has 1 aliphatic rings. The number of aliphatic hydroxyl groups excluding tert-OH is 1. The third-order valence-electron chi connectivity index (χ3n) is 3.93. The highest BCUT2D eigenvalue weighted by atomic mass is 32.1. The minimum absolute atomic E-state index is 0.118. The van der Waals surface area contributed by atoms with Crippen molar-refractivity contribution in [2.75, 3.05) is 37.3 Å². The lowest BCUT2D eigenvalue weighted by Gasteiger charge is -2.34. The van der Waals surface area contributed by atoms with Crippen molar-refractivity contribution >= 4 is 28.2 Å². The first kappa shape index (κ1) is 16.0. The molecule has 3 N–H and O–H groups in total. The van der Waals surface area contributed by atoms with Crippen LogP contribution in [-0.4, -0.2) is 53.7 Å². The second kappa shape index (κ2) is 6.62. The minimum atomic E-state index is -0.459. The van der Waals surface area contributed by atoms with Gasteiger partial charge in [-0.1, -0.05) is 25.2 Å². The minimum Gasteiger partial charge on any atom is -0.391 e. The molecule has 0 bridgehead atoms. The van der Waals surface area contributed by atoms with Gasteiger partial charge in [0, 0.05) is 26.7 Å². The molecule has 0 spiro atoms. The number of carbonyl (C=O) groups is 1. The third kappa shape index (κ3) is 3.47. The maximum absolute atomic E-state index is 12.6. The number of piperidine rings is 1. The zero-order valence-electron chi connectivity index (χ0n) is 12.9. The number of hydrogen-bond donors (Lipinski definition) is 2. The third-order valence-corrected chi connectivity index (χ3v) is 5.10. The van der Waals surface area contributed by atoms with E-state index in [1.54, 1.807) is 4.90 Å². The normalized spacial score (nSPS) is 22.4. The van der Waals surface area contributed by atoms with Crippen LogP contribution in [0.3, 0.4) is 0 Å². The smallest absolute Gasteiger partial charge is 0.267 e. The Balaban J connectivity index is 2.12. The lowest BCUT2D eigenvalue weighted by Crippen LogP contribution is -2.45. The van der Waals surface area contributed by atoms with Crippen LogP contribution in [0.4, 0.5) is 10.9 Å². The zero-order valence-corrected chi connectivity index (χ0v) is 13.7. The molecule has 0 radical (unpaired) electrons. The van der Waals surface area contributed by atoms with Crippen molar-refractivity contribution < 1.29 is 9.90 Å². The number of likely N-dealkylation sites (tertiary alicyclic amines) is 1. The molecule has 0 saturated carbocycles. The summed E-state index contributed by atoms with van der Waals surface area (Å²) in [7, 11) is 1.95. The van der Waals surface area contributed by atoms with Crippen molar-refractivity contribution in [1.82, 2.24) is 9.88 Å². The van der Waals surface area contributed by atoms with Gasteiger partial charge in [-0.3, -0.25) is 4.79 Å². The van der Waals surface area contributed by atoms with Gasteiger partial charge in [0.15, 0.2) is 5.13 Å². The molecule has 2 heterocycles. The Morgan fingerprint density at radius 2 is 2.33 bits per heavy atom. The highest BCUT2D eigenvalue weighted by Gasteiger charge is 2.30. The summed E-state index contributed by atoms with van der Waals surface area (Å²) >= 11 is 1.33. The summed E-state index contributed by atoms with van der Waals surface area (Å²) in [6.45, 7) is 6.01. The van der Waals surface area contributed by atoms with E-state index in [1.165, 1.54) is 11.3 Å². The standard InChI is InChI=1S/C14H24N4O2S/c1-4-6-17(3)14-16-12(15)11(21-14)13(20)18-7-5-9(2)10(19)8-18/h9-10,19H,4-8,15H2,1-3H3. The van der Waals surface area contributed by atoms with E-state index in [4.69, 9.17) is 5.73 Å². The monoisotopic (exact) mass is 312 g/mol. The van der Waals surface area contributed by atoms with E-state index >= 15 is 0 Å². The fourth-order valence-electron chi connectivity index (χ4n) is 2.44. The van der Waals surface area contributed by atoms with Crippen molar-refractivity contribution in [1.29, 1.82) is 0 Å². The van der Waals surface area contributed by atoms with E-state index in [-0.39, 0.29) is 17.6 Å². The first-order valence-electron chi connectivity index (χ1n) is 7.38. The quantitative estimate of drug-likeness (QED) is 0.878. The van der Waals surface area contributed by atoms with Crippen LogP contribution in [0, 0.1) is 5.92 Å². The predicted molar refractivity (Wildman–Crippen MR) is 85.8 cm³/mol. The van der Waals surface area contributed by atoms with Crippen LogP contribution in [0.25, 0.3) is 0 Å². The second-order valence-corrected chi connectivity index (χ2v) is 6.69. The molecule has 1 aromatic heterocycles. The average molecular weight is 312 g/mol. The highest BCUT2D eigenvalue weighted by Crippen LogP contribution is 2.30. The van der Waals surface area contributed by atoms with Gasteiger partial charge in [0.25, 0.3) is 5.91 Å². The molecule has 1 aliphatic heterocycles. The number of hydrogen-bond acceptors (Lipinski definition) is 6. The Labute approximate surface area is 129 Å². The summed E-state index contributed by atoms with van der Waals surface area (Å²) in [5.41, 5.74) is 5.91. The highest BCUT2D eigenvalue weighted by molar-refractivity contribution is 7.18. The zero-order chi connectivity index (χ0) is 15.6. The lowest BCUT2D eigenvalue weighted by molar-refractivity contribution is 0.0252. The number of nitrogens with two attached hydrogens (primary N) is 1. The summed E-state index contributed by atoms with van der Waals surface area (Å²) in [4.78, 5) is 21.0. The van der Waals surface area contributed by atoms with E-state index < -0.39 is 6.10 Å². The second-order valence-electron chi connectivity index (χ2n) is 5.72. The number of anilines is 2. The number of amides is 1. The Kier molecular flexibility index (Phi) is 5.05. The van der Waals surface area contributed by atoms with E-state index in [0.29, 0.717) is 18.0 Å². The molecule has 21 heavy (non-hydrogen) atoms. The van der Waals surface area contributed by atoms with Gasteiger partial charge < -0.3 is 20.6 Å². The van der Waals surface area contributed by atoms with E-state index in [0.717, 1.165) is 24.5 Å². The van der Waals surface area contributed by atoms with Crippen molar-refractivity contribution in [3.63, 3.8) is 0 Å².